The van der Waals surface area contributed by atoms with Crippen molar-refractivity contribution < 1.29 is 4.79 Å². The second-order valence-electron chi connectivity index (χ2n) is 5.71. The van der Waals surface area contributed by atoms with Gasteiger partial charge in [-0.1, -0.05) is 24.3 Å². The number of carbonyl (C=O) groups excluding carboxylic acids is 1. The van der Waals surface area contributed by atoms with E-state index in [1.807, 2.05) is 48.7 Å². The van der Waals surface area contributed by atoms with Crippen molar-refractivity contribution in [1.82, 2.24) is 10.3 Å². The molecule has 5 heteroatoms. The number of pyridine rings is 1. The molecule has 0 spiro atoms. The van der Waals surface area contributed by atoms with E-state index >= 15 is 0 Å². The molecule has 2 amide bonds. The van der Waals surface area contributed by atoms with Crippen LogP contribution in [0.25, 0.3) is 0 Å². The van der Waals surface area contributed by atoms with Crippen molar-refractivity contribution in [3.05, 3.63) is 54.2 Å². The SMILES string of the molecule is O=C(NCc1cccnc1N1CCCCC1)Nc1ccccc1. The van der Waals surface area contributed by atoms with Crippen molar-refractivity contribution in [3.63, 3.8) is 0 Å². The first-order chi connectivity index (χ1) is 11.3. The second kappa shape index (κ2) is 7.63. The van der Waals surface area contributed by atoms with Crippen molar-refractivity contribution >= 4 is 17.5 Å². The first kappa shape index (κ1) is 15.3. The van der Waals surface area contributed by atoms with Crippen LogP contribution in [0.5, 0.6) is 0 Å². The molecule has 0 unspecified atom stereocenters. The van der Waals surface area contributed by atoms with Gasteiger partial charge in [-0.15, -0.1) is 0 Å². The number of nitrogens with one attached hydrogen (secondary N) is 2. The highest BCUT2D eigenvalue weighted by molar-refractivity contribution is 5.89. The Hall–Kier alpha value is -2.56. The summed E-state index contributed by atoms with van der Waals surface area (Å²) in [5, 5.41) is 5.74. The van der Waals surface area contributed by atoms with E-state index in [0.717, 1.165) is 30.2 Å². The van der Waals surface area contributed by atoms with Crippen LogP contribution < -0.4 is 15.5 Å². The van der Waals surface area contributed by atoms with E-state index in [1.54, 1.807) is 0 Å². The van der Waals surface area contributed by atoms with Crippen LogP contribution in [-0.2, 0) is 6.54 Å². The van der Waals surface area contributed by atoms with E-state index in [-0.39, 0.29) is 6.03 Å². The summed E-state index contributed by atoms with van der Waals surface area (Å²) in [5.74, 6) is 0.993. The van der Waals surface area contributed by atoms with E-state index in [1.165, 1.54) is 19.3 Å². The summed E-state index contributed by atoms with van der Waals surface area (Å²) in [6, 6.07) is 13.2. The molecule has 0 radical (unpaired) electrons. The molecule has 1 aliphatic heterocycles. The van der Waals surface area contributed by atoms with Gasteiger partial charge in [0.05, 0.1) is 0 Å². The summed E-state index contributed by atoms with van der Waals surface area (Å²) < 4.78 is 0. The zero-order chi connectivity index (χ0) is 15.9. The highest BCUT2D eigenvalue weighted by Crippen LogP contribution is 2.21. The topological polar surface area (TPSA) is 57.3 Å². The van der Waals surface area contributed by atoms with Crippen molar-refractivity contribution in [3.8, 4) is 0 Å². The van der Waals surface area contributed by atoms with Gasteiger partial charge in [0.2, 0.25) is 0 Å². The standard InChI is InChI=1S/C18H22N4O/c23-18(21-16-9-3-1-4-10-16)20-14-15-8-7-11-19-17(15)22-12-5-2-6-13-22/h1,3-4,7-11H,2,5-6,12-14H2,(H2,20,21,23). The number of piperidine rings is 1. The molecule has 5 nitrogen and oxygen atoms in total. The van der Waals surface area contributed by atoms with Gasteiger partial charge in [-0.3, -0.25) is 0 Å². The van der Waals surface area contributed by atoms with Crippen LogP contribution >= 0.6 is 0 Å². The Morgan fingerprint density at radius 1 is 1.04 bits per heavy atom. The lowest BCUT2D eigenvalue weighted by Crippen LogP contribution is -2.33. The number of nitrogens with zero attached hydrogens (tertiary/aromatic N) is 2. The van der Waals surface area contributed by atoms with Crippen molar-refractivity contribution in [1.29, 1.82) is 0 Å². The van der Waals surface area contributed by atoms with Crippen LogP contribution in [0.4, 0.5) is 16.3 Å². The lowest BCUT2D eigenvalue weighted by atomic mass is 10.1. The number of hydrogen-bond acceptors (Lipinski definition) is 3. The fourth-order valence-electron chi connectivity index (χ4n) is 2.83. The summed E-state index contributed by atoms with van der Waals surface area (Å²) in [6.45, 7) is 2.55. The molecule has 2 aromatic rings. The molecular formula is C18H22N4O. The van der Waals surface area contributed by atoms with Crippen molar-refractivity contribution in [2.45, 2.75) is 25.8 Å². The van der Waals surface area contributed by atoms with Crippen molar-refractivity contribution in [2.75, 3.05) is 23.3 Å². The van der Waals surface area contributed by atoms with Gasteiger partial charge in [-0.2, -0.15) is 0 Å². The summed E-state index contributed by atoms with van der Waals surface area (Å²) in [6.07, 6.45) is 5.52. The molecule has 23 heavy (non-hydrogen) atoms. The zero-order valence-electron chi connectivity index (χ0n) is 13.2. The van der Waals surface area contributed by atoms with E-state index < -0.39 is 0 Å². The molecule has 0 bridgehead atoms. The lowest BCUT2D eigenvalue weighted by molar-refractivity contribution is 0.251. The maximum Gasteiger partial charge on any atom is 0.319 e. The molecular weight excluding hydrogens is 288 g/mol. The summed E-state index contributed by atoms with van der Waals surface area (Å²) in [4.78, 5) is 18.9. The number of aromatic nitrogens is 1. The number of amides is 2. The van der Waals surface area contributed by atoms with Crippen LogP contribution in [-0.4, -0.2) is 24.1 Å². The molecule has 0 atom stereocenters. The third-order valence-corrected chi connectivity index (χ3v) is 3.99. The smallest absolute Gasteiger partial charge is 0.319 e. The molecule has 1 aliphatic rings. The average Bonchev–Trinajstić information content (AvgIpc) is 2.62. The van der Waals surface area contributed by atoms with Gasteiger partial charge in [0, 0.05) is 37.1 Å². The van der Waals surface area contributed by atoms with E-state index in [4.69, 9.17) is 0 Å². The van der Waals surface area contributed by atoms with Gasteiger partial charge in [0.1, 0.15) is 5.82 Å². The molecule has 1 aromatic heterocycles. The Bertz CT molecular complexity index is 638. The molecule has 120 valence electrons. The Kier molecular flexibility index (Phi) is 5.09. The Morgan fingerprint density at radius 2 is 1.83 bits per heavy atom. The third-order valence-electron chi connectivity index (χ3n) is 3.99. The van der Waals surface area contributed by atoms with Gasteiger partial charge >= 0.3 is 6.03 Å². The lowest BCUT2D eigenvalue weighted by Gasteiger charge is -2.29. The van der Waals surface area contributed by atoms with Crippen LogP contribution in [0.2, 0.25) is 0 Å². The largest absolute Gasteiger partial charge is 0.356 e. The molecule has 2 heterocycles. The number of rotatable bonds is 4. The molecule has 1 fully saturated rings. The van der Waals surface area contributed by atoms with Gasteiger partial charge in [-0.05, 0) is 37.5 Å². The van der Waals surface area contributed by atoms with Gasteiger partial charge < -0.3 is 15.5 Å². The van der Waals surface area contributed by atoms with Crippen LogP contribution in [0.3, 0.4) is 0 Å². The fraction of sp³-hybridized carbons (Fsp3) is 0.333. The van der Waals surface area contributed by atoms with Crippen LogP contribution in [0.1, 0.15) is 24.8 Å². The minimum Gasteiger partial charge on any atom is -0.356 e. The molecule has 3 rings (SSSR count). The molecule has 1 aromatic carbocycles. The quantitative estimate of drug-likeness (QED) is 0.910. The number of hydrogen-bond donors (Lipinski definition) is 2. The Morgan fingerprint density at radius 3 is 2.61 bits per heavy atom. The minimum absolute atomic E-state index is 0.204. The number of urea groups is 1. The Labute approximate surface area is 136 Å². The zero-order valence-corrected chi connectivity index (χ0v) is 13.2. The predicted octanol–water partition coefficient (Wildman–Crippen LogP) is 3.39. The van der Waals surface area contributed by atoms with Crippen LogP contribution in [0, 0.1) is 0 Å². The maximum atomic E-state index is 12.0. The summed E-state index contributed by atoms with van der Waals surface area (Å²) >= 11 is 0. The average molecular weight is 310 g/mol. The fourth-order valence-corrected chi connectivity index (χ4v) is 2.83. The molecule has 1 saturated heterocycles. The van der Waals surface area contributed by atoms with Gasteiger partial charge in [0.15, 0.2) is 0 Å². The minimum atomic E-state index is -0.204. The first-order valence-electron chi connectivity index (χ1n) is 8.12. The van der Waals surface area contributed by atoms with Gasteiger partial charge in [-0.25, -0.2) is 9.78 Å². The van der Waals surface area contributed by atoms with E-state index in [9.17, 15) is 4.79 Å². The maximum absolute atomic E-state index is 12.0. The number of para-hydroxylation sites is 1. The predicted molar refractivity (Wildman–Crippen MR) is 92.6 cm³/mol. The molecule has 0 saturated carbocycles. The number of carbonyl (C=O) groups is 1. The number of anilines is 2. The molecule has 0 aliphatic carbocycles. The van der Waals surface area contributed by atoms with Gasteiger partial charge in [0.25, 0.3) is 0 Å². The number of benzene rings is 1. The monoisotopic (exact) mass is 310 g/mol. The van der Waals surface area contributed by atoms with Crippen molar-refractivity contribution in [2.24, 2.45) is 0 Å². The second-order valence-corrected chi connectivity index (χ2v) is 5.71. The van der Waals surface area contributed by atoms with E-state index in [2.05, 4.69) is 20.5 Å². The summed E-state index contributed by atoms with van der Waals surface area (Å²) in [5.41, 5.74) is 1.84. The first-order valence-corrected chi connectivity index (χ1v) is 8.12. The highest BCUT2D eigenvalue weighted by Gasteiger charge is 2.15. The molecule has 2 N–H and O–H groups in total. The van der Waals surface area contributed by atoms with E-state index in [0.29, 0.717) is 6.54 Å². The normalized spacial score (nSPS) is 14.3. The Balaban J connectivity index is 1.60. The highest BCUT2D eigenvalue weighted by atomic mass is 16.2. The summed E-state index contributed by atoms with van der Waals surface area (Å²) in [7, 11) is 0. The van der Waals surface area contributed by atoms with Crippen LogP contribution in [0.15, 0.2) is 48.7 Å². The third kappa shape index (κ3) is 4.22.